The molecule has 0 aliphatic rings. The van der Waals surface area contributed by atoms with Crippen molar-refractivity contribution in [1.82, 2.24) is 9.97 Å². The molecule has 2 aromatic carbocycles. The van der Waals surface area contributed by atoms with Crippen molar-refractivity contribution in [3.63, 3.8) is 0 Å². The maximum atomic E-state index is 5.69. The van der Waals surface area contributed by atoms with Gasteiger partial charge in [-0.15, -0.1) is 0 Å². The number of hydrogen-bond donors (Lipinski definition) is 2. The molecule has 18 heavy (non-hydrogen) atoms. The number of imidazole rings is 1. The fourth-order valence-electron chi connectivity index (χ4n) is 2.25. The Morgan fingerprint density at radius 2 is 1.78 bits per heavy atom. The second kappa shape index (κ2) is 3.88. The molecule has 0 atom stereocenters. The first kappa shape index (κ1) is 10.8. The summed E-state index contributed by atoms with van der Waals surface area (Å²) < 4.78 is 0. The number of fused-ring (bicyclic) bond motifs is 1. The molecule has 3 rings (SSSR count). The normalized spacial score (nSPS) is 11.0. The molecule has 0 bridgehead atoms. The minimum absolute atomic E-state index is 0.766. The van der Waals surface area contributed by atoms with E-state index in [1.54, 1.807) is 0 Å². The second-order valence-corrected chi connectivity index (χ2v) is 4.69. The smallest absolute Gasteiger partial charge is 0.138 e. The zero-order chi connectivity index (χ0) is 12.7. The Balaban J connectivity index is 2.19. The van der Waals surface area contributed by atoms with E-state index in [-0.39, 0.29) is 0 Å². The number of aromatic amines is 1. The van der Waals surface area contributed by atoms with Gasteiger partial charge in [0.05, 0.1) is 11.0 Å². The molecule has 0 fully saturated rings. The van der Waals surface area contributed by atoms with Crippen LogP contribution in [0.2, 0.25) is 0 Å². The summed E-state index contributed by atoms with van der Waals surface area (Å²) in [6.07, 6.45) is 0. The third-order valence-corrected chi connectivity index (χ3v) is 3.11. The van der Waals surface area contributed by atoms with Gasteiger partial charge < -0.3 is 10.7 Å². The van der Waals surface area contributed by atoms with Crippen LogP contribution in [0.5, 0.6) is 0 Å². The summed E-state index contributed by atoms with van der Waals surface area (Å²) >= 11 is 0. The highest BCUT2D eigenvalue weighted by Crippen LogP contribution is 2.24. The van der Waals surface area contributed by atoms with Crippen molar-refractivity contribution in [2.24, 2.45) is 0 Å². The number of hydrogen-bond acceptors (Lipinski definition) is 2. The van der Waals surface area contributed by atoms with E-state index in [0.717, 1.165) is 28.1 Å². The molecule has 0 spiro atoms. The highest BCUT2D eigenvalue weighted by atomic mass is 14.9. The van der Waals surface area contributed by atoms with Crippen LogP contribution in [0.1, 0.15) is 11.1 Å². The minimum Gasteiger partial charge on any atom is -0.399 e. The number of nitrogens with two attached hydrogens (primary N) is 1. The van der Waals surface area contributed by atoms with Gasteiger partial charge in [-0.05, 0) is 55.3 Å². The average Bonchev–Trinajstić information content (AvgIpc) is 2.74. The van der Waals surface area contributed by atoms with Crippen molar-refractivity contribution in [2.45, 2.75) is 13.8 Å². The van der Waals surface area contributed by atoms with E-state index in [4.69, 9.17) is 5.73 Å². The molecular weight excluding hydrogens is 222 g/mol. The summed E-state index contributed by atoms with van der Waals surface area (Å²) in [5.74, 6) is 0.888. The second-order valence-electron chi connectivity index (χ2n) is 4.69. The standard InChI is InChI=1S/C15H15N3/c1-9-7-10(2)14-13(8-9)17-15(18-14)11-3-5-12(16)6-4-11/h3-8H,16H2,1-2H3,(H,17,18). The number of nitrogens with one attached hydrogen (secondary N) is 1. The molecule has 0 amide bonds. The fourth-order valence-corrected chi connectivity index (χ4v) is 2.25. The molecular formula is C15H15N3. The van der Waals surface area contributed by atoms with Gasteiger partial charge in [0.25, 0.3) is 0 Å². The quantitative estimate of drug-likeness (QED) is 0.637. The first-order chi connectivity index (χ1) is 8.63. The molecule has 0 saturated carbocycles. The zero-order valence-electron chi connectivity index (χ0n) is 10.5. The Bertz CT molecular complexity index is 708. The van der Waals surface area contributed by atoms with Crippen molar-refractivity contribution in [2.75, 3.05) is 5.73 Å². The first-order valence-electron chi connectivity index (χ1n) is 5.96. The summed E-state index contributed by atoms with van der Waals surface area (Å²) in [6, 6.07) is 12.0. The zero-order valence-corrected chi connectivity index (χ0v) is 10.5. The number of nitrogen functional groups attached to an aromatic ring is 1. The van der Waals surface area contributed by atoms with Crippen molar-refractivity contribution in [1.29, 1.82) is 0 Å². The van der Waals surface area contributed by atoms with Crippen LogP contribution in [0.3, 0.4) is 0 Å². The third-order valence-electron chi connectivity index (χ3n) is 3.11. The molecule has 3 nitrogen and oxygen atoms in total. The van der Waals surface area contributed by atoms with Gasteiger partial charge >= 0.3 is 0 Å². The van der Waals surface area contributed by atoms with Crippen LogP contribution < -0.4 is 5.73 Å². The lowest BCUT2D eigenvalue weighted by Crippen LogP contribution is -1.84. The molecule has 0 aliphatic heterocycles. The monoisotopic (exact) mass is 237 g/mol. The molecule has 1 aromatic heterocycles. The van der Waals surface area contributed by atoms with Gasteiger partial charge in [-0.25, -0.2) is 4.98 Å². The molecule has 0 saturated heterocycles. The van der Waals surface area contributed by atoms with Crippen molar-refractivity contribution in [3.05, 3.63) is 47.5 Å². The molecule has 3 heteroatoms. The predicted octanol–water partition coefficient (Wildman–Crippen LogP) is 3.43. The molecule has 3 aromatic rings. The molecule has 3 N–H and O–H groups in total. The molecule has 0 aliphatic carbocycles. The molecule has 0 unspecified atom stereocenters. The number of rotatable bonds is 1. The number of aryl methyl sites for hydroxylation is 2. The van der Waals surface area contributed by atoms with E-state index in [1.807, 2.05) is 24.3 Å². The summed E-state index contributed by atoms with van der Waals surface area (Å²) in [5, 5.41) is 0. The van der Waals surface area contributed by atoms with E-state index in [1.165, 1.54) is 11.1 Å². The van der Waals surface area contributed by atoms with Crippen LogP contribution in [0, 0.1) is 13.8 Å². The Morgan fingerprint density at radius 1 is 1.06 bits per heavy atom. The van der Waals surface area contributed by atoms with Gasteiger partial charge in [-0.1, -0.05) is 6.07 Å². The minimum atomic E-state index is 0.766. The fraction of sp³-hybridized carbons (Fsp3) is 0.133. The average molecular weight is 237 g/mol. The number of benzene rings is 2. The van der Waals surface area contributed by atoms with Crippen LogP contribution in [0.4, 0.5) is 5.69 Å². The lowest BCUT2D eigenvalue weighted by molar-refractivity contribution is 1.33. The van der Waals surface area contributed by atoms with Gasteiger partial charge in [-0.3, -0.25) is 0 Å². The number of anilines is 1. The van der Waals surface area contributed by atoms with Gasteiger partial charge in [0.1, 0.15) is 5.82 Å². The highest BCUT2D eigenvalue weighted by Gasteiger charge is 2.07. The highest BCUT2D eigenvalue weighted by molar-refractivity contribution is 5.83. The van der Waals surface area contributed by atoms with E-state index in [9.17, 15) is 0 Å². The van der Waals surface area contributed by atoms with Crippen LogP contribution in [0.15, 0.2) is 36.4 Å². The SMILES string of the molecule is Cc1cc(C)c2nc(-c3ccc(N)cc3)[nH]c2c1. The van der Waals surface area contributed by atoms with Gasteiger partial charge in [0, 0.05) is 11.3 Å². The van der Waals surface area contributed by atoms with Crippen LogP contribution >= 0.6 is 0 Å². The lowest BCUT2D eigenvalue weighted by Gasteiger charge is -1.96. The van der Waals surface area contributed by atoms with E-state index in [2.05, 4.69) is 35.9 Å². The number of nitrogens with zero attached hydrogens (tertiary/aromatic N) is 1. The lowest BCUT2D eigenvalue weighted by atomic mass is 10.1. The Labute approximate surface area is 106 Å². The van der Waals surface area contributed by atoms with Crippen LogP contribution in [-0.4, -0.2) is 9.97 Å². The number of aromatic nitrogens is 2. The van der Waals surface area contributed by atoms with Crippen LogP contribution in [0.25, 0.3) is 22.4 Å². The summed E-state index contributed by atoms with van der Waals surface area (Å²) in [6.45, 7) is 4.18. The summed E-state index contributed by atoms with van der Waals surface area (Å²) in [4.78, 5) is 8.02. The molecule has 1 heterocycles. The topological polar surface area (TPSA) is 54.7 Å². The largest absolute Gasteiger partial charge is 0.399 e. The number of H-pyrrole nitrogens is 1. The maximum absolute atomic E-state index is 5.69. The van der Waals surface area contributed by atoms with Gasteiger partial charge in [-0.2, -0.15) is 0 Å². The molecule has 90 valence electrons. The predicted molar refractivity (Wildman–Crippen MR) is 75.4 cm³/mol. The first-order valence-corrected chi connectivity index (χ1v) is 5.96. The van der Waals surface area contributed by atoms with Crippen molar-refractivity contribution < 1.29 is 0 Å². The van der Waals surface area contributed by atoms with Crippen molar-refractivity contribution >= 4 is 16.7 Å². The van der Waals surface area contributed by atoms with E-state index >= 15 is 0 Å². The Kier molecular flexibility index (Phi) is 2.33. The summed E-state index contributed by atoms with van der Waals surface area (Å²) in [7, 11) is 0. The van der Waals surface area contributed by atoms with E-state index in [0.29, 0.717) is 0 Å². The summed E-state index contributed by atoms with van der Waals surface area (Å²) in [5.41, 5.74) is 12.1. The van der Waals surface area contributed by atoms with E-state index < -0.39 is 0 Å². The Morgan fingerprint density at radius 3 is 2.50 bits per heavy atom. The van der Waals surface area contributed by atoms with Crippen LogP contribution in [-0.2, 0) is 0 Å². The third kappa shape index (κ3) is 1.74. The van der Waals surface area contributed by atoms with Gasteiger partial charge in [0.15, 0.2) is 0 Å². The van der Waals surface area contributed by atoms with Crippen molar-refractivity contribution in [3.8, 4) is 11.4 Å². The maximum Gasteiger partial charge on any atom is 0.138 e. The molecule has 0 radical (unpaired) electrons. The Hall–Kier alpha value is -2.29. The van der Waals surface area contributed by atoms with Gasteiger partial charge in [0.2, 0.25) is 0 Å².